The van der Waals surface area contributed by atoms with Crippen LogP contribution in [-0.2, 0) is 5.54 Å². The monoisotopic (exact) mass is 355 g/mol. The van der Waals surface area contributed by atoms with Gasteiger partial charge in [0.2, 0.25) is 0 Å². The van der Waals surface area contributed by atoms with Gasteiger partial charge in [0.15, 0.2) is 0 Å². The third kappa shape index (κ3) is 3.83. The molecule has 0 heterocycles. The largest absolute Gasteiger partial charge is 0.404 e. The van der Waals surface area contributed by atoms with Gasteiger partial charge in [0.1, 0.15) is 5.54 Å². The van der Waals surface area contributed by atoms with Gasteiger partial charge in [-0.1, -0.05) is 91.0 Å². The molecule has 3 aromatic carbocycles. The molecule has 3 nitrogen and oxygen atoms in total. The van der Waals surface area contributed by atoms with Gasteiger partial charge in [-0.25, -0.2) is 0 Å². The van der Waals surface area contributed by atoms with Crippen LogP contribution in [0.1, 0.15) is 23.6 Å². The van der Waals surface area contributed by atoms with Crippen molar-refractivity contribution in [2.75, 3.05) is 0 Å². The van der Waals surface area contributed by atoms with E-state index in [1.165, 1.54) is 6.20 Å². The lowest BCUT2D eigenvalue weighted by Gasteiger charge is -2.32. The zero-order chi connectivity index (χ0) is 19.1. The van der Waals surface area contributed by atoms with Crippen molar-refractivity contribution in [1.82, 2.24) is 0 Å². The Balaban J connectivity index is 2.31. The van der Waals surface area contributed by atoms with Crippen LogP contribution in [-0.4, -0.2) is 12.3 Å². The van der Waals surface area contributed by atoms with Crippen molar-refractivity contribution < 1.29 is 0 Å². The van der Waals surface area contributed by atoms with E-state index >= 15 is 0 Å². The number of rotatable bonds is 6. The van der Waals surface area contributed by atoms with Crippen LogP contribution in [0, 0.1) is 0 Å². The van der Waals surface area contributed by atoms with E-state index in [0.717, 1.165) is 22.3 Å². The van der Waals surface area contributed by atoms with Crippen molar-refractivity contribution in [3.05, 3.63) is 119 Å². The molecule has 3 heteroatoms. The predicted molar refractivity (Wildman–Crippen MR) is 114 cm³/mol. The van der Waals surface area contributed by atoms with Gasteiger partial charge in [-0.3, -0.25) is 4.99 Å². The highest BCUT2D eigenvalue weighted by Gasteiger charge is 2.35. The molecule has 0 bridgehead atoms. The molecule has 1 unspecified atom stereocenters. The summed E-state index contributed by atoms with van der Waals surface area (Å²) in [7, 11) is 0. The lowest BCUT2D eigenvalue weighted by atomic mass is 9.77. The maximum Gasteiger partial charge on any atom is 0.136 e. The summed E-state index contributed by atoms with van der Waals surface area (Å²) in [6.45, 7) is 1.90. The average molecular weight is 355 g/mol. The Morgan fingerprint density at radius 2 is 1.15 bits per heavy atom. The van der Waals surface area contributed by atoms with Crippen LogP contribution in [0.2, 0.25) is 0 Å². The number of aliphatic imine (C=N–C) groups is 1. The second-order valence-corrected chi connectivity index (χ2v) is 6.52. The Bertz CT molecular complexity index is 801. The van der Waals surface area contributed by atoms with Gasteiger partial charge < -0.3 is 11.5 Å². The van der Waals surface area contributed by atoms with Crippen LogP contribution in [0.15, 0.2) is 108 Å². The van der Waals surface area contributed by atoms with Gasteiger partial charge >= 0.3 is 0 Å². The van der Waals surface area contributed by atoms with E-state index in [1.807, 2.05) is 61.5 Å². The summed E-state index contributed by atoms with van der Waals surface area (Å²) in [4.78, 5) is 5.11. The highest BCUT2D eigenvalue weighted by atomic mass is 14.9. The molecule has 0 aliphatic rings. The Kier molecular flexibility index (Phi) is 5.84. The van der Waals surface area contributed by atoms with Gasteiger partial charge in [-0.05, 0) is 23.6 Å². The number of benzene rings is 3. The summed E-state index contributed by atoms with van der Waals surface area (Å²) >= 11 is 0. The third-order valence-electron chi connectivity index (χ3n) is 4.70. The van der Waals surface area contributed by atoms with Gasteiger partial charge in [-0.15, -0.1) is 0 Å². The summed E-state index contributed by atoms with van der Waals surface area (Å²) in [5.74, 6) is 0. The maximum atomic E-state index is 6.05. The van der Waals surface area contributed by atoms with Crippen LogP contribution < -0.4 is 11.5 Å². The second-order valence-electron chi connectivity index (χ2n) is 6.52. The second kappa shape index (κ2) is 8.47. The molecule has 136 valence electrons. The zero-order valence-corrected chi connectivity index (χ0v) is 15.5. The lowest BCUT2D eigenvalue weighted by molar-refractivity contribution is 0.658. The number of nitrogens with zero attached hydrogens (tertiary/aromatic N) is 1. The molecule has 0 spiro atoms. The summed E-state index contributed by atoms with van der Waals surface area (Å²) in [5.41, 5.74) is 15.2. The zero-order valence-electron chi connectivity index (χ0n) is 15.5. The summed E-state index contributed by atoms with van der Waals surface area (Å²) in [5, 5.41) is 0. The van der Waals surface area contributed by atoms with Crippen LogP contribution in [0.4, 0.5) is 0 Å². The van der Waals surface area contributed by atoms with E-state index in [9.17, 15) is 0 Å². The van der Waals surface area contributed by atoms with Crippen molar-refractivity contribution in [2.45, 2.75) is 18.5 Å². The summed E-state index contributed by atoms with van der Waals surface area (Å²) in [6.07, 6.45) is 3.33. The first-order chi connectivity index (χ1) is 13.2. The lowest BCUT2D eigenvalue weighted by Crippen LogP contribution is -2.28. The fourth-order valence-corrected chi connectivity index (χ4v) is 3.25. The molecule has 0 aliphatic carbocycles. The smallest absolute Gasteiger partial charge is 0.136 e. The van der Waals surface area contributed by atoms with E-state index in [4.69, 9.17) is 16.5 Å². The minimum Gasteiger partial charge on any atom is -0.404 e. The third-order valence-corrected chi connectivity index (χ3v) is 4.70. The number of hydrogen-bond donors (Lipinski definition) is 2. The fourth-order valence-electron chi connectivity index (χ4n) is 3.25. The van der Waals surface area contributed by atoms with E-state index in [1.54, 1.807) is 6.21 Å². The molecule has 4 N–H and O–H groups in total. The predicted octanol–water partition coefficient (Wildman–Crippen LogP) is 4.24. The van der Waals surface area contributed by atoms with E-state index in [2.05, 4.69) is 36.4 Å². The van der Waals surface area contributed by atoms with Crippen molar-refractivity contribution in [1.29, 1.82) is 0 Å². The molecule has 0 amide bonds. The summed E-state index contributed by atoms with van der Waals surface area (Å²) < 4.78 is 0. The SMILES string of the molecule is CC(N)/C(C=NC(c1ccccc1)(c1ccccc1)c1ccccc1)=C/N. The van der Waals surface area contributed by atoms with E-state index < -0.39 is 5.54 Å². The molecule has 0 fully saturated rings. The van der Waals surface area contributed by atoms with E-state index in [0.29, 0.717) is 0 Å². The fraction of sp³-hybridized carbons (Fsp3) is 0.125. The molecule has 0 saturated carbocycles. The quantitative estimate of drug-likeness (QED) is 0.513. The first-order valence-corrected chi connectivity index (χ1v) is 9.07. The standard InChI is InChI=1S/C24H25N3/c1-19(26)20(17-25)18-27-24(21-11-5-2-6-12-21,22-13-7-3-8-14-22)23-15-9-4-10-16-23/h2-19H,25-26H2,1H3/b20-17+,27-18?. The Hall–Kier alpha value is -3.17. The van der Waals surface area contributed by atoms with Crippen LogP contribution in [0.3, 0.4) is 0 Å². The summed E-state index contributed by atoms with van der Waals surface area (Å²) in [6, 6.07) is 30.7. The average Bonchev–Trinajstić information content (AvgIpc) is 2.73. The number of nitrogens with two attached hydrogens (primary N) is 2. The highest BCUT2D eigenvalue weighted by Crippen LogP contribution is 2.40. The van der Waals surface area contributed by atoms with Crippen LogP contribution in [0.5, 0.6) is 0 Å². The first kappa shape index (κ1) is 18.6. The van der Waals surface area contributed by atoms with Crippen LogP contribution in [0.25, 0.3) is 0 Å². The molecule has 3 aromatic rings. The molecule has 27 heavy (non-hydrogen) atoms. The van der Waals surface area contributed by atoms with Gasteiger partial charge in [0.25, 0.3) is 0 Å². The van der Waals surface area contributed by atoms with Crippen molar-refractivity contribution in [2.24, 2.45) is 16.5 Å². The van der Waals surface area contributed by atoms with Gasteiger partial charge in [0, 0.05) is 24.0 Å². The van der Waals surface area contributed by atoms with Crippen molar-refractivity contribution in [3.63, 3.8) is 0 Å². The first-order valence-electron chi connectivity index (χ1n) is 9.07. The maximum absolute atomic E-state index is 6.05. The normalized spacial score (nSPS) is 13.6. The molecule has 0 radical (unpaired) electrons. The molecular weight excluding hydrogens is 330 g/mol. The van der Waals surface area contributed by atoms with Crippen molar-refractivity contribution >= 4 is 6.21 Å². The Labute approximate surface area is 161 Å². The molecular formula is C24H25N3. The highest BCUT2D eigenvalue weighted by molar-refractivity contribution is 5.81. The molecule has 1 atom stereocenters. The minimum absolute atomic E-state index is 0.196. The minimum atomic E-state index is -0.688. The van der Waals surface area contributed by atoms with Gasteiger partial charge in [-0.2, -0.15) is 0 Å². The van der Waals surface area contributed by atoms with Gasteiger partial charge in [0.05, 0.1) is 0 Å². The Morgan fingerprint density at radius 3 is 1.44 bits per heavy atom. The molecule has 3 rings (SSSR count). The molecule has 0 aromatic heterocycles. The van der Waals surface area contributed by atoms with Crippen molar-refractivity contribution in [3.8, 4) is 0 Å². The molecule has 0 aliphatic heterocycles. The Morgan fingerprint density at radius 1 is 0.778 bits per heavy atom. The molecule has 0 saturated heterocycles. The van der Waals surface area contributed by atoms with E-state index in [-0.39, 0.29) is 6.04 Å². The van der Waals surface area contributed by atoms with Crippen LogP contribution >= 0.6 is 0 Å². The number of hydrogen-bond acceptors (Lipinski definition) is 3. The topological polar surface area (TPSA) is 64.4 Å².